The largest absolute Gasteiger partial charge is 0.494 e. The zero-order chi connectivity index (χ0) is 20.2. The Balaban J connectivity index is 2.07. The van der Waals surface area contributed by atoms with Gasteiger partial charge in [0.05, 0.1) is 23.2 Å². The number of benzene rings is 2. The van der Waals surface area contributed by atoms with Gasteiger partial charge in [0.1, 0.15) is 5.75 Å². The SMILES string of the molecule is CCOc1ccc(S(=O)(=O)NCC(O)c2ccc(C(F)(F)F)cc2)cc1C. The Kier molecular flexibility index (Phi) is 6.50. The maximum absolute atomic E-state index is 12.6. The third-order valence-corrected chi connectivity index (χ3v) is 5.27. The number of alkyl halides is 3. The van der Waals surface area contributed by atoms with Crippen molar-refractivity contribution >= 4 is 10.0 Å². The number of halogens is 3. The molecule has 2 aromatic rings. The van der Waals surface area contributed by atoms with Crippen molar-refractivity contribution in [3.05, 3.63) is 59.2 Å². The first kappa shape index (κ1) is 21.2. The molecule has 2 N–H and O–H groups in total. The Hall–Kier alpha value is -2.10. The normalized spacial score (nSPS) is 13.4. The second-order valence-electron chi connectivity index (χ2n) is 5.85. The number of hydrogen-bond acceptors (Lipinski definition) is 4. The number of rotatable bonds is 7. The van der Waals surface area contributed by atoms with Crippen molar-refractivity contribution in [3.63, 3.8) is 0 Å². The molecule has 0 aliphatic rings. The first-order valence-electron chi connectivity index (χ1n) is 8.13. The van der Waals surface area contributed by atoms with Crippen molar-refractivity contribution in [2.75, 3.05) is 13.2 Å². The monoisotopic (exact) mass is 403 g/mol. The number of ether oxygens (including phenoxy) is 1. The van der Waals surface area contributed by atoms with E-state index in [0.717, 1.165) is 24.3 Å². The van der Waals surface area contributed by atoms with Crippen LogP contribution in [0.1, 0.15) is 29.7 Å². The van der Waals surface area contributed by atoms with Crippen LogP contribution >= 0.6 is 0 Å². The lowest BCUT2D eigenvalue weighted by molar-refractivity contribution is -0.137. The molecular weight excluding hydrogens is 383 g/mol. The number of sulfonamides is 1. The molecule has 0 bridgehead atoms. The van der Waals surface area contributed by atoms with E-state index in [4.69, 9.17) is 4.74 Å². The van der Waals surface area contributed by atoms with Crippen LogP contribution in [0.2, 0.25) is 0 Å². The minimum atomic E-state index is -4.48. The van der Waals surface area contributed by atoms with Gasteiger partial charge < -0.3 is 9.84 Å². The number of aliphatic hydroxyl groups is 1. The molecule has 5 nitrogen and oxygen atoms in total. The summed E-state index contributed by atoms with van der Waals surface area (Å²) in [6, 6.07) is 8.26. The molecule has 0 spiro atoms. The maximum atomic E-state index is 12.6. The molecule has 9 heteroatoms. The molecule has 0 saturated heterocycles. The van der Waals surface area contributed by atoms with Gasteiger partial charge in [-0.05, 0) is 55.3 Å². The summed E-state index contributed by atoms with van der Waals surface area (Å²) in [5.41, 5.74) is -0.0273. The van der Waals surface area contributed by atoms with E-state index in [1.807, 2.05) is 6.92 Å². The average Bonchev–Trinajstić information content (AvgIpc) is 2.61. The Morgan fingerprint density at radius 3 is 2.30 bits per heavy atom. The lowest BCUT2D eigenvalue weighted by Gasteiger charge is -2.15. The summed E-state index contributed by atoms with van der Waals surface area (Å²) < 4.78 is 70.0. The second kappa shape index (κ2) is 8.28. The molecule has 0 fully saturated rings. The number of aryl methyl sites for hydroxylation is 1. The lowest BCUT2D eigenvalue weighted by Crippen LogP contribution is -2.28. The molecular formula is C18H20F3NO4S. The fraction of sp³-hybridized carbons (Fsp3) is 0.333. The van der Waals surface area contributed by atoms with Crippen LogP contribution in [-0.2, 0) is 16.2 Å². The second-order valence-corrected chi connectivity index (χ2v) is 7.61. The predicted octanol–water partition coefficient (Wildman–Crippen LogP) is 3.42. The van der Waals surface area contributed by atoms with E-state index in [0.29, 0.717) is 17.9 Å². The van der Waals surface area contributed by atoms with Crippen molar-refractivity contribution < 1.29 is 31.4 Å². The molecule has 0 saturated carbocycles. The van der Waals surface area contributed by atoms with Crippen LogP contribution in [0.3, 0.4) is 0 Å². The van der Waals surface area contributed by atoms with E-state index in [1.165, 1.54) is 12.1 Å². The van der Waals surface area contributed by atoms with E-state index in [1.54, 1.807) is 13.0 Å². The molecule has 1 atom stereocenters. The molecule has 0 aliphatic heterocycles. The summed E-state index contributed by atoms with van der Waals surface area (Å²) in [6.07, 6.45) is -5.76. The van der Waals surface area contributed by atoms with Crippen molar-refractivity contribution in [2.45, 2.75) is 31.0 Å². The summed E-state index contributed by atoms with van der Waals surface area (Å²) in [4.78, 5) is 0.00284. The first-order valence-corrected chi connectivity index (χ1v) is 9.61. The van der Waals surface area contributed by atoms with Crippen LogP contribution in [0.25, 0.3) is 0 Å². The van der Waals surface area contributed by atoms with Gasteiger partial charge in [-0.15, -0.1) is 0 Å². The smallest absolute Gasteiger partial charge is 0.416 e. The van der Waals surface area contributed by atoms with Gasteiger partial charge >= 0.3 is 6.18 Å². The Bertz CT molecular complexity index is 880. The van der Waals surface area contributed by atoms with Crippen LogP contribution in [0, 0.1) is 6.92 Å². The number of aliphatic hydroxyl groups excluding tert-OH is 1. The molecule has 0 aliphatic carbocycles. The van der Waals surface area contributed by atoms with E-state index in [9.17, 15) is 26.7 Å². The molecule has 27 heavy (non-hydrogen) atoms. The highest BCUT2D eigenvalue weighted by atomic mass is 32.2. The summed E-state index contributed by atoms with van der Waals surface area (Å²) in [7, 11) is -3.89. The van der Waals surface area contributed by atoms with Crippen molar-refractivity contribution in [3.8, 4) is 5.75 Å². The van der Waals surface area contributed by atoms with Crippen LogP contribution in [0.4, 0.5) is 13.2 Å². The van der Waals surface area contributed by atoms with Crippen molar-refractivity contribution in [1.82, 2.24) is 4.72 Å². The summed E-state index contributed by atoms with van der Waals surface area (Å²) in [6.45, 7) is 3.60. The third kappa shape index (κ3) is 5.44. The fourth-order valence-corrected chi connectivity index (χ4v) is 3.51. The third-order valence-electron chi connectivity index (χ3n) is 3.85. The summed E-state index contributed by atoms with van der Waals surface area (Å²) in [5, 5.41) is 10.1. The topological polar surface area (TPSA) is 75.6 Å². The molecule has 2 rings (SSSR count). The molecule has 1 unspecified atom stereocenters. The van der Waals surface area contributed by atoms with Crippen molar-refractivity contribution in [1.29, 1.82) is 0 Å². The standard InChI is InChI=1S/C18H20F3NO4S/c1-3-26-17-9-8-15(10-12(17)2)27(24,25)22-11-16(23)13-4-6-14(7-5-13)18(19,20)21/h4-10,16,22-23H,3,11H2,1-2H3. The minimum Gasteiger partial charge on any atom is -0.494 e. The average molecular weight is 403 g/mol. The molecule has 0 heterocycles. The van der Waals surface area contributed by atoms with E-state index in [-0.39, 0.29) is 17.0 Å². The Labute approximate surface area is 155 Å². The van der Waals surface area contributed by atoms with Gasteiger partial charge in [-0.25, -0.2) is 13.1 Å². The molecule has 0 radical (unpaired) electrons. The van der Waals surface area contributed by atoms with E-state index in [2.05, 4.69) is 4.72 Å². The van der Waals surface area contributed by atoms with E-state index < -0.39 is 27.9 Å². The molecule has 0 amide bonds. The first-order chi connectivity index (χ1) is 12.5. The van der Waals surface area contributed by atoms with Gasteiger partial charge in [-0.1, -0.05) is 12.1 Å². The minimum absolute atomic E-state index is 0.00284. The van der Waals surface area contributed by atoms with Crippen LogP contribution < -0.4 is 9.46 Å². The maximum Gasteiger partial charge on any atom is 0.416 e. The highest BCUT2D eigenvalue weighted by Crippen LogP contribution is 2.30. The Morgan fingerprint density at radius 1 is 1.15 bits per heavy atom. The van der Waals surface area contributed by atoms with Gasteiger partial charge in [0.25, 0.3) is 0 Å². The van der Waals surface area contributed by atoms with Crippen LogP contribution in [0.15, 0.2) is 47.4 Å². The van der Waals surface area contributed by atoms with Gasteiger partial charge in [0.15, 0.2) is 0 Å². The van der Waals surface area contributed by atoms with Crippen molar-refractivity contribution in [2.24, 2.45) is 0 Å². The summed E-state index contributed by atoms with van der Waals surface area (Å²) >= 11 is 0. The summed E-state index contributed by atoms with van der Waals surface area (Å²) in [5.74, 6) is 0.571. The molecule has 148 valence electrons. The number of hydrogen-bond donors (Lipinski definition) is 2. The van der Waals surface area contributed by atoms with Gasteiger partial charge in [0.2, 0.25) is 10.0 Å². The Morgan fingerprint density at radius 2 is 1.78 bits per heavy atom. The van der Waals surface area contributed by atoms with Crippen LogP contribution in [0.5, 0.6) is 5.75 Å². The predicted molar refractivity (Wildman–Crippen MR) is 93.9 cm³/mol. The fourth-order valence-electron chi connectivity index (χ4n) is 2.39. The van der Waals surface area contributed by atoms with Crippen LogP contribution in [-0.4, -0.2) is 26.7 Å². The molecule has 2 aromatic carbocycles. The highest BCUT2D eigenvalue weighted by molar-refractivity contribution is 7.89. The number of nitrogens with one attached hydrogen (secondary N) is 1. The molecule has 0 aromatic heterocycles. The van der Waals surface area contributed by atoms with Gasteiger partial charge in [-0.2, -0.15) is 13.2 Å². The highest BCUT2D eigenvalue weighted by Gasteiger charge is 2.30. The quantitative estimate of drug-likeness (QED) is 0.743. The van der Waals surface area contributed by atoms with Gasteiger partial charge in [0, 0.05) is 6.54 Å². The zero-order valence-electron chi connectivity index (χ0n) is 14.7. The lowest BCUT2D eigenvalue weighted by atomic mass is 10.1. The van der Waals surface area contributed by atoms with Gasteiger partial charge in [-0.3, -0.25) is 0 Å². The zero-order valence-corrected chi connectivity index (χ0v) is 15.6. The van der Waals surface area contributed by atoms with E-state index >= 15 is 0 Å².